The molecule has 0 radical (unpaired) electrons. The molecular formula is C44H42N2. The molecular weight excluding hydrogens is 556 g/mol. The lowest BCUT2D eigenvalue weighted by molar-refractivity contribution is 0.593. The summed E-state index contributed by atoms with van der Waals surface area (Å²) in [6.07, 6.45) is 1.93. The van der Waals surface area contributed by atoms with E-state index in [1.165, 1.54) is 60.4 Å². The Hall–Kier alpha value is -4.95. The number of hydrogen-bond acceptors (Lipinski definition) is 2. The molecule has 0 saturated carbocycles. The summed E-state index contributed by atoms with van der Waals surface area (Å²) in [5.41, 5.74) is 10.9. The summed E-state index contributed by atoms with van der Waals surface area (Å²) in [5.74, 6) is 0. The zero-order valence-electron chi connectivity index (χ0n) is 28.0. The molecule has 2 nitrogen and oxygen atoms in total. The van der Waals surface area contributed by atoms with E-state index in [9.17, 15) is 0 Å². The minimum atomic E-state index is -0.0711. The number of para-hydroxylation sites is 2. The van der Waals surface area contributed by atoms with E-state index in [-0.39, 0.29) is 10.8 Å². The lowest BCUT2D eigenvalue weighted by Gasteiger charge is -2.31. The average Bonchev–Trinajstić information content (AvgIpc) is 3.04. The summed E-state index contributed by atoms with van der Waals surface area (Å²) in [6, 6.07) is 44.1. The molecule has 6 aromatic carbocycles. The van der Waals surface area contributed by atoms with Gasteiger partial charge in [-0.25, -0.2) is 0 Å². The second kappa shape index (κ2) is 11.1. The molecule has 1 aromatic heterocycles. The van der Waals surface area contributed by atoms with Gasteiger partial charge in [0.25, 0.3) is 0 Å². The van der Waals surface area contributed by atoms with Gasteiger partial charge in [0, 0.05) is 34.0 Å². The fourth-order valence-corrected chi connectivity index (χ4v) is 7.24. The number of pyridine rings is 1. The highest BCUT2D eigenvalue weighted by Crippen LogP contribution is 2.46. The van der Waals surface area contributed by atoms with Gasteiger partial charge in [-0.05, 0) is 104 Å². The first kappa shape index (κ1) is 29.7. The Balaban J connectivity index is 1.44. The predicted octanol–water partition coefficient (Wildman–Crippen LogP) is 12.6. The van der Waals surface area contributed by atoms with Crippen molar-refractivity contribution in [1.29, 1.82) is 0 Å². The summed E-state index contributed by atoms with van der Waals surface area (Å²) < 4.78 is 0. The van der Waals surface area contributed by atoms with Crippen LogP contribution in [0, 0.1) is 6.92 Å². The molecule has 1 heterocycles. The first-order valence-electron chi connectivity index (χ1n) is 16.3. The van der Waals surface area contributed by atoms with Crippen molar-refractivity contribution in [1.82, 2.24) is 4.98 Å². The standard InChI is InChI=1S/C44H42N2/c1-29-14-11-12-18-38(29)46(33-16-9-8-10-17-33)34-23-19-30(20-24-34)32-22-25-35-37(28-32)40(43(2,3)4)36-26-21-31-15-13-27-45-42(31)39(36)41(35)44(5,6)7/h8-28H,1-7H3. The summed E-state index contributed by atoms with van der Waals surface area (Å²) in [5, 5.41) is 6.43. The third-order valence-electron chi connectivity index (χ3n) is 9.18. The normalized spacial score (nSPS) is 12.2. The summed E-state index contributed by atoms with van der Waals surface area (Å²) in [4.78, 5) is 7.29. The second-order valence-corrected chi connectivity index (χ2v) is 14.6. The Bertz CT molecular complexity index is 2210. The van der Waals surface area contributed by atoms with Crippen LogP contribution in [-0.4, -0.2) is 4.98 Å². The van der Waals surface area contributed by atoms with Crippen LogP contribution in [0.4, 0.5) is 17.1 Å². The van der Waals surface area contributed by atoms with Gasteiger partial charge in [-0.15, -0.1) is 0 Å². The molecule has 0 bridgehead atoms. The Morgan fingerprint density at radius 2 is 1.15 bits per heavy atom. The first-order valence-corrected chi connectivity index (χ1v) is 16.3. The number of hydrogen-bond donors (Lipinski definition) is 0. The molecule has 0 saturated heterocycles. The molecule has 46 heavy (non-hydrogen) atoms. The van der Waals surface area contributed by atoms with Crippen LogP contribution in [0.25, 0.3) is 43.6 Å². The number of aryl methyl sites for hydroxylation is 1. The highest BCUT2D eigenvalue weighted by atomic mass is 15.1. The van der Waals surface area contributed by atoms with Crippen LogP contribution in [0.15, 0.2) is 128 Å². The lowest BCUT2D eigenvalue weighted by Crippen LogP contribution is -2.18. The zero-order valence-corrected chi connectivity index (χ0v) is 28.0. The molecule has 7 rings (SSSR count). The number of fused-ring (bicyclic) bond motifs is 4. The monoisotopic (exact) mass is 598 g/mol. The number of nitrogens with zero attached hydrogens (tertiary/aromatic N) is 2. The van der Waals surface area contributed by atoms with E-state index in [4.69, 9.17) is 4.98 Å². The van der Waals surface area contributed by atoms with Crippen LogP contribution in [0.5, 0.6) is 0 Å². The van der Waals surface area contributed by atoms with Gasteiger partial charge in [-0.1, -0.05) is 120 Å². The van der Waals surface area contributed by atoms with Crippen molar-refractivity contribution in [3.63, 3.8) is 0 Å². The zero-order chi connectivity index (χ0) is 32.2. The van der Waals surface area contributed by atoms with Gasteiger partial charge in [-0.3, -0.25) is 4.98 Å². The number of anilines is 3. The third-order valence-corrected chi connectivity index (χ3v) is 9.18. The quantitative estimate of drug-likeness (QED) is 0.148. The van der Waals surface area contributed by atoms with Crippen molar-refractivity contribution in [2.75, 3.05) is 4.90 Å². The fraction of sp³-hybridized carbons (Fsp3) is 0.205. The van der Waals surface area contributed by atoms with E-state index in [1.807, 2.05) is 12.3 Å². The highest BCUT2D eigenvalue weighted by Gasteiger charge is 2.29. The van der Waals surface area contributed by atoms with Crippen LogP contribution in [0.2, 0.25) is 0 Å². The van der Waals surface area contributed by atoms with Gasteiger partial charge in [0.1, 0.15) is 0 Å². The molecule has 0 aliphatic rings. The van der Waals surface area contributed by atoms with Gasteiger partial charge in [0.15, 0.2) is 0 Å². The molecule has 0 spiro atoms. The van der Waals surface area contributed by atoms with Gasteiger partial charge >= 0.3 is 0 Å². The minimum absolute atomic E-state index is 0.0679. The van der Waals surface area contributed by atoms with Crippen molar-refractivity contribution in [3.8, 4) is 11.1 Å². The topological polar surface area (TPSA) is 16.1 Å². The largest absolute Gasteiger partial charge is 0.310 e. The Kier molecular flexibility index (Phi) is 7.20. The smallest absolute Gasteiger partial charge is 0.0783 e. The summed E-state index contributed by atoms with van der Waals surface area (Å²) in [6.45, 7) is 16.2. The van der Waals surface area contributed by atoms with Crippen LogP contribution >= 0.6 is 0 Å². The molecule has 0 amide bonds. The van der Waals surface area contributed by atoms with E-state index in [1.54, 1.807) is 0 Å². The van der Waals surface area contributed by atoms with E-state index in [0.717, 1.165) is 16.9 Å². The van der Waals surface area contributed by atoms with Crippen LogP contribution in [0.3, 0.4) is 0 Å². The van der Waals surface area contributed by atoms with Crippen LogP contribution in [0.1, 0.15) is 58.2 Å². The highest BCUT2D eigenvalue weighted by molar-refractivity contribution is 6.17. The third kappa shape index (κ3) is 5.12. The molecule has 0 unspecified atom stereocenters. The number of benzene rings is 6. The molecule has 0 N–H and O–H groups in total. The Morgan fingerprint density at radius 1 is 0.522 bits per heavy atom. The molecule has 0 aliphatic carbocycles. The minimum Gasteiger partial charge on any atom is -0.310 e. The van der Waals surface area contributed by atoms with E-state index >= 15 is 0 Å². The van der Waals surface area contributed by atoms with Gasteiger partial charge in [0.05, 0.1) is 5.52 Å². The Labute approximate surface area is 273 Å². The maximum Gasteiger partial charge on any atom is 0.0783 e. The van der Waals surface area contributed by atoms with Gasteiger partial charge in [-0.2, -0.15) is 0 Å². The summed E-state index contributed by atoms with van der Waals surface area (Å²) in [7, 11) is 0. The van der Waals surface area contributed by atoms with Crippen molar-refractivity contribution in [2.24, 2.45) is 0 Å². The molecule has 0 fully saturated rings. The van der Waals surface area contributed by atoms with Crippen molar-refractivity contribution in [2.45, 2.75) is 59.3 Å². The van der Waals surface area contributed by atoms with Crippen molar-refractivity contribution >= 4 is 49.5 Å². The van der Waals surface area contributed by atoms with Crippen molar-refractivity contribution < 1.29 is 0 Å². The number of rotatable bonds is 4. The van der Waals surface area contributed by atoms with Crippen molar-refractivity contribution in [3.05, 3.63) is 144 Å². The maximum atomic E-state index is 4.95. The van der Waals surface area contributed by atoms with Crippen LogP contribution in [-0.2, 0) is 10.8 Å². The maximum absolute atomic E-state index is 4.95. The second-order valence-electron chi connectivity index (χ2n) is 14.6. The predicted molar refractivity (Wildman–Crippen MR) is 199 cm³/mol. The van der Waals surface area contributed by atoms with E-state index in [2.05, 4.69) is 169 Å². The van der Waals surface area contributed by atoms with Gasteiger partial charge < -0.3 is 4.90 Å². The SMILES string of the molecule is Cc1ccccc1N(c1ccccc1)c1ccc(-c2ccc3c(C(C)(C)C)c4c(ccc5cccnc54)c(C(C)(C)C)c3c2)cc1. The Morgan fingerprint density at radius 3 is 1.85 bits per heavy atom. The number of aromatic nitrogens is 1. The van der Waals surface area contributed by atoms with Crippen LogP contribution < -0.4 is 4.90 Å². The van der Waals surface area contributed by atoms with E-state index < -0.39 is 0 Å². The average molecular weight is 599 g/mol. The lowest BCUT2D eigenvalue weighted by atomic mass is 9.73. The molecule has 2 heteroatoms. The van der Waals surface area contributed by atoms with E-state index in [0.29, 0.717) is 0 Å². The van der Waals surface area contributed by atoms with Gasteiger partial charge in [0.2, 0.25) is 0 Å². The molecule has 7 aromatic rings. The molecule has 0 aliphatic heterocycles. The first-order chi connectivity index (χ1) is 22.0. The molecule has 228 valence electrons. The molecule has 0 atom stereocenters. The summed E-state index contributed by atoms with van der Waals surface area (Å²) >= 11 is 0. The fourth-order valence-electron chi connectivity index (χ4n) is 7.24.